The summed E-state index contributed by atoms with van der Waals surface area (Å²) in [7, 11) is 0. The van der Waals surface area contributed by atoms with Gasteiger partial charge in [0.25, 0.3) is 0 Å². The molecule has 1 aliphatic rings. The van der Waals surface area contributed by atoms with E-state index in [-0.39, 0.29) is 6.61 Å². The van der Waals surface area contributed by atoms with Crippen LogP contribution in [0, 0.1) is 5.92 Å². The van der Waals surface area contributed by atoms with Gasteiger partial charge in [-0.25, -0.2) is 4.68 Å². The summed E-state index contributed by atoms with van der Waals surface area (Å²) >= 11 is 0. The largest absolute Gasteiger partial charge is 0.394 e. The second kappa shape index (κ2) is 7.60. The molecule has 0 saturated heterocycles. The molecule has 1 aromatic heterocycles. The van der Waals surface area contributed by atoms with E-state index in [1.807, 2.05) is 6.20 Å². The first-order chi connectivity index (χ1) is 9.29. The summed E-state index contributed by atoms with van der Waals surface area (Å²) in [5.41, 5.74) is 0.953. The lowest BCUT2D eigenvalue weighted by molar-refractivity contribution is 0.268. The van der Waals surface area contributed by atoms with Crippen molar-refractivity contribution in [2.75, 3.05) is 6.61 Å². The van der Waals surface area contributed by atoms with Crippen molar-refractivity contribution in [2.45, 2.75) is 64.6 Å². The molecule has 1 fully saturated rings. The van der Waals surface area contributed by atoms with E-state index in [1.165, 1.54) is 38.5 Å². The molecule has 2 rings (SSSR count). The van der Waals surface area contributed by atoms with Crippen molar-refractivity contribution in [1.82, 2.24) is 20.3 Å². The molecule has 0 radical (unpaired) electrons. The monoisotopic (exact) mass is 266 g/mol. The summed E-state index contributed by atoms with van der Waals surface area (Å²) in [6, 6.07) is 0.543. The van der Waals surface area contributed by atoms with Crippen molar-refractivity contribution in [3.05, 3.63) is 11.9 Å². The van der Waals surface area contributed by atoms with Crippen molar-refractivity contribution in [1.29, 1.82) is 0 Å². The molecule has 0 aliphatic heterocycles. The van der Waals surface area contributed by atoms with Gasteiger partial charge in [0, 0.05) is 18.8 Å². The summed E-state index contributed by atoms with van der Waals surface area (Å²) in [5.74, 6) is 0.801. The SMILES string of the molecule is C[C@@H](NCc1cn(CCO)nn1)C1CCCCCC1. The fraction of sp³-hybridized carbons (Fsp3) is 0.857. The molecule has 2 N–H and O–H groups in total. The van der Waals surface area contributed by atoms with Crippen LogP contribution in [0.1, 0.15) is 51.1 Å². The minimum absolute atomic E-state index is 0.106. The lowest BCUT2D eigenvalue weighted by atomic mass is 9.93. The van der Waals surface area contributed by atoms with Gasteiger partial charge in [-0.15, -0.1) is 5.10 Å². The molecule has 5 heteroatoms. The number of hydrogen-bond acceptors (Lipinski definition) is 4. The topological polar surface area (TPSA) is 63.0 Å². The second-order valence-electron chi connectivity index (χ2n) is 5.62. The lowest BCUT2D eigenvalue weighted by Crippen LogP contribution is -2.33. The Hall–Kier alpha value is -0.940. The summed E-state index contributed by atoms with van der Waals surface area (Å²) in [6.45, 7) is 3.68. The van der Waals surface area contributed by atoms with Crippen molar-refractivity contribution >= 4 is 0 Å². The number of nitrogens with one attached hydrogen (secondary N) is 1. The van der Waals surface area contributed by atoms with Crippen LogP contribution in [0.25, 0.3) is 0 Å². The predicted octanol–water partition coefficient (Wildman–Crippen LogP) is 1.72. The maximum absolute atomic E-state index is 8.84. The van der Waals surface area contributed by atoms with Crippen LogP contribution in [-0.4, -0.2) is 32.7 Å². The Balaban J connectivity index is 1.76. The molecule has 0 aromatic carbocycles. The Morgan fingerprint density at radius 2 is 2.11 bits per heavy atom. The van der Waals surface area contributed by atoms with E-state index in [0.717, 1.165) is 18.2 Å². The van der Waals surface area contributed by atoms with Gasteiger partial charge >= 0.3 is 0 Å². The van der Waals surface area contributed by atoms with Crippen LogP contribution >= 0.6 is 0 Å². The van der Waals surface area contributed by atoms with Crippen LogP contribution in [0.3, 0.4) is 0 Å². The van der Waals surface area contributed by atoms with E-state index in [4.69, 9.17) is 5.11 Å². The summed E-state index contributed by atoms with van der Waals surface area (Å²) in [5, 5.41) is 20.5. The minimum atomic E-state index is 0.106. The van der Waals surface area contributed by atoms with Gasteiger partial charge in [-0.3, -0.25) is 0 Å². The highest BCUT2D eigenvalue weighted by atomic mass is 16.3. The Kier molecular flexibility index (Phi) is 5.79. The second-order valence-corrected chi connectivity index (χ2v) is 5.62. The minimum Gasteiger partial charge on any atom is -0.394 e. The maximum Gasteiger partial charge on any atom is 0.0964 e. The molecule has 0 bridgehead atoms. The smallest absolute Gasteiger partial charge is 0.0964 e. The molecule has 1 aliphatic carbocycles. The van der Waals surface area contributed by atoms with Gasteiger partial charge in [0.2, 0.25) is 0 Å². The molecule has 19 heavy (non-hydrogen) atoms. The molecule has 1 saturated carbocycles. The van der Waals surface area contributed by atoms with Crippen molar-refractivity contribution in [3.63, 3.8) is 0 Å². The fourth-order valence-electron chi connectivity index (χ4n) is 2.87. The molecule has 1 atom stereocenters. The zero-order valence-electron chi connectivity index (χ0n) is 11.9. The van der Waals surface area contributed by atoms with Crippen molar-refractivity contribution < 1.29 is 5.11 Å². The maximum atomic E-state index is 8.84. The van der Waals surface area contributed by atoms with E-state index in [0.29, 0.717) is 12.6 Å². The Morgan fingerprint density at radius 3 is 2.79 bits per heavy atom. The van der Waals surface area contributed by atoms with Crippen molar-refractivity contribution in [2.24, 2.45) is 5.92 Å². The molecular formula is C14H26N4O. The molecule has 1 aromatic rings. The third-order valence-electron chi connectivity index (χ3n) is 4.13. The van der Waals surface area contributed by atoms with Gasteiger partial charge in [-0.1, -0.05) is 30.9 Å². The molecular weight excluding hydrogens is 240 g/mol. The highest BCUT2D eigenvalue weighted by Crippen LogP contribution is 2.25. The fourth-order valence-corrected chi connectivity index (χ4v) is 2.87. The highest BCUT2D eigenvalue weighted by Gasteiger charge is 2.18. The van der Waals surface area contributed by atoms with E-state index in [1.54, 1.807) is 4.68 Å². The van der Waals surface area contributed by atoms with Gasteiger partial charge < -0.3 is 10.4 Å². The van der Waals surface area contributed by atoms with Crippen LogP contribution in [0.5, 0.6) is 0 Å². The predicted molar refractivity (Wildman–Crippen MR) is 74.6 cm³/mol. The van der Waals surface area contributed by atoms with Gasteiger partial charge in [-0.05, 0) is 25.7 Å². The Morgan fingerprint density at radius 1 is 1.37 bits per heavy atom. The normalized spacial score (nSPS) is 19.3. The standard InChI is InChI=1S/C14H26N4O/c1-12(13-6-4-2-3-5-7-13)15-10-14-11-18(8-9-19)17-16-14/h11-13,15,19H,2-10H2,1H3/t12-/m1/s1. The van der Waals surface area contributed by atoms with Crippen molar-refractivity contribution in [3.8, 4) is 0 Å². The molecule has 5 nitrogen and oxygen atoms in total. The van der Waals surface area contributed by atoms with Gasteiger partial charge in [0.15, 0.2) is 0 Å². The van der Waals surface area contributed by atoms with E-state index in [9.17, 15) is 0 Å². The quantitative estimate of drug-likeness (QED) is 0.770. The number of aliphatic hydroxyl groups excluding tert-OH is 1. The number of rotatable bonds is 6. The third-order valence-corrected chi connectivity index (χ3v) is 4.13. The van der Waals surface area contributed by atoms with Crippen LogP contribution in [0.15, 0.2) is 6.20 Å². The van der Waals surface area contributed by atoms with Gasteiger partial charge in [0.1, 0.15) is 0 Å². The first-order valence-electron chi connectivity index (χ1n) is 7.53. The van der Waals surface area contributed by atoms with E-state index in [2.05, 4.69) is 22.6 Å². The molecule has 108 valence electrons. The van der Waals surface area contributed by atoms with Crippen LogP contribution in [0.4, 0.5) is 0 Å². The Bertz CT molecular complexity index is 358. The molecule has 0 spiro atoms. The summed E-state index contributed by atoms with van der Waals surface area (Å²) in [6.07, 6.45) is 10.2. The van der Waals surface area contributed by atoms with Crippen LogP contribution < -0.4 is 5.32 Å². The number of nitrogens with zero attached hydrogens (tertiary/aromatic N) is 3. The zero-order valence-corrected chi connectivity index (χ0v) is 11.9. The number of aromatic nitrogens is 3. The third kappa shape index (κ3) is 4.58. The summed E-state index contributed by atoms with van der Waals surface area (Å²) < 4.78 is 1.69. The van der Waals surface area contributed by atoms with E-state index < -0.39 is 0 Å². The van der Waals surface area contributed by atoms with Gasteiger partial charge in [0.05, 0.1) is 18.8 Å². The Labute approximate surface area is 115 Å². The average molecular weight is 266 g/mol. The molecule has 1 heterocycles. The van der Waals surface area contributed by atoms with Crippen LogP contribution in [-0.2, 0) is 13.1 Å². The van der Waals surface area contributed by atoms with E-state index >= 15 is 0 Å². The first kappa shape index (κ1) is 14.5. The number of hydrogen-bond donors (Lipinski definition) is 2. The summed E-state index contributed by atoms with van der Waals surface area (Å²) in [4.78, 5) is 0. The number of aliphatic hydroxyl groups is 1. The van der Waals surface area contributed by atoms with Crippen LogP contribution in [0.2, 0.25) is 0 Å². The first-order valence-corrected chi connectivity index (χ1v) is 7.53. The zero-order chi connectivity index (χ0) is 13.5. The van der Waals surface area contributed by atoms with Gasteiger partial charge in [-0.2, -0.15) is 0 Å². The molecule has 0 unspecified atom stereocenters. The highest BCUT2D eigenvalue weighted by molar-refractivity contribution is 4.92. The molecule has 0 amide bonds. The average Bonchev–Trinajstić information content (AvgIpc) is 2.69. The lowest BCUT2D eigenvalue weighted by Gasteiger charge is -2.23.